The molecule has 57 heavy (non-hydrogen) atoms. The quantitative estimate of drug-likeness (QED) is 0.0504. The van der Waals surface area contributed by atoms with Crippen molar-refractivity contribution in [2.75, 3.05) is 33.2 Å². The lowest BCUT2D eigenvalue weighted by atomic mass is 9.89. The van der Waals surface area contributed by atoms with E-state index in [2.05, 4.69) is 19.9 Å². The number of esters is 1. The Labute approximate surface area is 328 Å². The van der Waals surface area contributed by atoms with Crippen LogP contribution in [0.5, 0.6) is 0 Å². The molecule has 306 valence electrons. The third kappa shape index (κ3) is 14.4. The fourth-order valence-electron chi connectivity index (χ4n) is 5.18. The maximum Gasteiger partial charge on any atom is 0.512 e. The number of thioether (sulfide) groups is 1. The molecule has 4 rings (SSSR count). The predicted octanol–water partition coefficient (Wildman–Crippen LogP) is 4.25. The van der Waals surface area contributed by atoms with Gasteiger partial charge in [-0.25, -0.2) is 32.2 Å². The average Bonchev–Trinajstić information content (AvgIpc) is 3.67. The van der Waals surface area contributed by atoms with Gasteiger partial charge < -0.3 is 38.8 Å². The van der Waals surface area contributed by atoms with Crippen LogP contribution >= 0.6 is 19.6 Å². The molecule has 0 bridgehead atoms. The Morgan fingerprint density at radius 1 is 1.12 bits per heavy atom. The number of rotatable bonds is 19. The van der Waals surface area contributed by atoms with E-state index in [1.165, 1.54) is 47.3 Å². The Balaban J connectivity index is 1.38. The molecule has 0 aliphatic carbocycles. The van der Waals surface area contributed by atoms with Gasteiger partial charge in [0, 0.05) is 35.4 Å². The lowest BCUT2D eigenvalue weighted by molar-refractivity contribution is -0.156. The van der Waals surface area contributed by atoms with Crippen LogP contribution in [0.15, 0.2) is 67.3 Å². The lowest BCUT2D eigenvalue weighted by Gasteiger charge is -2.40. The summed E-state index contributed by atoms with van der Waals surface area (Å²) in [6, 6.07) is 8.68. The van der Waals surface area contributed by atoms with Crippen LogP contribution < -0.4 is 5.32 Å². The third-order valence-corrected chi connectivity index (χ3v) is 9.85. The van der Waals surface area contributed by atoms with Gasteiger partial charge in [-0.3, -0.25) is 14.1 Å². The van der Waals surface area contributed by atoms with Gasteiger partial charge in [-0.1, -0.05) is 24.3 Å². The first kappa shape index (κ1) is 44.6. The zero-order chi connectivity index (χ0) is 41.4. The molecule has 17 nitrogen and oxygen atoms in total. The number of hydrogen-bond acceptors (Lipinski definition) is 14. The van der Waals surface area contributed by atoms with Gasteiger partial charge in [-0.05, 0) is 37.3 Å². The summed E-state index contributed by atoms with van der Waals surface area (Å²) in [6.07, 6.45) is 5.78. The van der Waals surface area contributed by atoms with Gasteiger partial charge in [-0.2, -0.15) is 10.4 Å². The number of phosphoric ester groups is 1. The summed E-state index contributed by atoms with van der Waals surface area (Å²) in [5.74, 6) is -4.10. The summed E-state index contributed by atoms with van der Waals surface area (Å²) >= 11 is 1.20. The smallest absolute Gasteiger partial charge is 0.428 e. The van der Waals surface area contributed by atoms with E-state index in [1.807, 2.05) is 6.07 Å². The molecule has 1 fully saturated rings. The fraction of sp³-hybridized carbons (Fsp3) is 0.371. The van der Waals surface area contributed by atoms with Gasteiger partial charge in [0.15, 0.2) is 11.9 Å². The van der Waals surface area contributed by atoms with Crippen molar-refractivity contribution < 1.29 is 70.1 Å². The van der Waals surface area contributed by atoms with Crippen LogP contribution in [0.1, 0.15) is 36.5 Å². The molecule has 1 aliphatic heterocycles. The molecular formula is C35H37F3N5O12PS. The first-order valence-corrected chi connectivity index (χ1v) is 19.3. The molecule has 2 heterocycles. The van der Waals surface area contributed by atoms with Crippen molar-refractivity contribution in [1.29, 1.82) is 5.26 Å². The zero-order valence-corrected chi connectivity index (χ0v) is 31.8. The topological polar surface area (TPSA) is 231 Å². The number of benzene rings is 2. The number of nitriles is 1. The maximum atomic E-state index is 15.6. The number of carbonyl (C=O) groups excluding carboxylic acids is 3. The first-order chi connectivity index (χ1) is 27.2. The molecule has 0 saturated carbocycles. The van der Waals surface area contributed by atoms with Crippen LogP contribution in [0.25, 0.3) is 6.08 Å². The van der Waals surface area contributed by atoms with Crippen molar-refractivity contribution >= 4 is 43.7 Å². The van der Waals surface area contributed by atoms with Crippen LogP contribution in [0.4, 0.5) is 18.0 Å². The molecular weight excluding hydrogens is 802 g/mol. The van der Waals surface area contributed by atoms with Crippen LogP contribution in [0, 0.1) is 28.8 Å². The molecule has 3 N–H and O–H groups in total. The Kier molecular flexibility index (Phi) is 16.8. The molecule has 1 aliphatic rings. The highest BCUT2D eigenvalue weighted by Gasteiger charge is 2.47. The largest absolute Gasteiger partial charge is 0.512 e. The maximum absolute atomic E-state index is 15.6. The second-order valence-electron chi connectivity index (χ2n) is 11.9. The number of nitrogens with one attached hydrogen (secondary N) is 1. The average molecular weight is 840 g/mol. The van der Waals surface area contributed by atoms with E-state index in [1.54, 1.807) is 25.2 Å². The highest BCUT2D eigenvalue weighted by molar-refractivity contribution is 8.00. The predicted molar refractivity (Wildman–Crippen MR) is 193 cm³/mol. The molecule has 2 atom stereocenters. The Bertz CT molecular complexity index is 1990. The third-order valence-electron chi connectivity index (χ3n) is 7.88. The van der Waals surface area contributed by atoms with Crippen LogP contribution in [0.3, 0.4) is 0 Å². The normalized spacial score (nSPS) is 17.4. The molecule has 2 aromatic carbocycles. The monoisotopic (exact) mass is 839 g/mol. The van der Waals surface area contributed by atoms with E-state index in [-0.39, 0.29) is 49.4 Å². The van der Waals surface area contributed by atoms with Gasteiger partial charge in [0.1, 0.15) is 30.1 Å². The Hall–Kier alpha value is -5.07. The minimum Gasteiger partial charge on any atom is -0.428 e. The van der Waals surface area contributed by atoms with Crippen molar-refractivity contribution in [3.05, 3.63) is 101 Å². The van der Waals surface area contributed by atoms with Crippen molar-refractivity contribution in [2.45, 2.75) is 48.7 Å². The van der Waals surface area contributed by atoms with Crippen molar-refractivity contribution in [2.24, 2.45) is 0 Å². The molecule has 2 unspecified atom stereocenters. The summed E-state index contributed by atoms with van der Waals surface area (Å²) in [5, 5.41) is 14.0. The van der Waals surface area contributed by atoms with Crippen molar-refractivity contribution in [3.8, 4) is 6.07 Å². The highest BCUT2D eigenvalue weighted by Crippen LogP contribution is 2.42. The van der Waals surface area contributed by atoms with Crippen LogP contribution in [0.2, 0.25) is 0 Å². The molecule has 3 aromatic rings. The Morgan fingerprint density at radius 2 is 1.89 bits per heavy atom. The number of nitrogens with zero attached hydrogens (tertiary/aromatic N) is 4. The second-order valence-corrected chi connectivity index (χ2v) is 14.8. The molecule has 1 aromatic heterocycles. The minimum absolute atomic E-state index is 0.128. The summed E-state index contributed by atoms with van der Waals surface area (Å²) in [5.41, 5.74) is -1.72. The molecule has 22 heteroatoms. The van der Waals surface area contributed by atoms with Gasteiger partial charge in [0.05, 0.1) is 49.7 Å². The number of phosphoric acid groups is 1. The number of allylic oxidation sites excluding steroid dienone is 2. The van der Waals surface area contributed by atoms with Crippen LogP contribution in [-0.4, -0.2) is 92.5 Å². The van der Waals surface area contributed by atoms with E-state index in [0.717, 1.165) is 18.2 Å². The summed E-state index contributed by atoms with van der Waals surface area (Å²) in [6.45, 7) is -0.121. The van der Waals surface area contributed by atoms with E-state index in [0.29, 0.717) is 6.07 Å². The van der Waals surface area contributed by atoms with E-state index < -0.39 is 85.5 Å². The minimum atomic E-state index is -4.70. The molecule has 0 spiro atoms. The Morgan fingerprint density at radius 3 is 2.56 bits per heavy atom. The highest BCUT2D eigenvalue weighted by atomic mass is 32.2. The van der Waals surface area contributed by atoms with E-state index in [4.69, 9.17) is 38.7 Å². The SMILES string of the molecule is CC(SC1COC(C=CC=Cc2ccc(C#N)cc2F)OC1)C(Cn1cncn1)(OC(=O)OCOC(=O)CCC(=O)NCCOP(=O)(O)O)c1ccc(F)cc1F. The van der Waals surface area contributed by atoms with E-state index in [9.17, 15) is 27.7 Å². The van der Waals surface area contributed by atoms with Crippen LogP contribution in [-0.2, 0) is 54.5 Å². The standard InChI is InChI=1S/C35H37F3N5O12PS/c1-23(57-27-17-50-33(51-18-27)5-3-2-4-25-7-6-24(16-39)14-29(25)37)35(19-43-21-40-20-42-43,28-9-8-26(36)15-30(28)38)55-34(46)53-22-52-32(45)11-10-31(44)41-12-13-54-56(47,48)49/h2-9,14-15,20-21,23,27,33H,10-13,17-19,22H2,1H3,(H,41,44)(H2,47,48,49). The van der Waals surface area contributed by atoms with Gasteiger partial charge in [0.25, 0.3) is 0 Å². The first-order valence-electron chi connectivity index (χ1n) is 16.9. The molecule has 1 saturated heterocycles. The number of ether oxygens (including phenoxy) is 5. The molecule has 1 amide bonds. The van der Waals surface area contributed by atoms with Crippen molar-refractivity contribution in [3.63, 3.8) is 0 Å². The van der Waals surface area contributed by atoms with Gasteiger partial charge in [-0.15, -0.1) is 11.8 Å². The fourth-order valence-corrected chi connectivity index (χ4v) is 6.87. The number of carbonyl (C=O) groups is 3. The number of halogens is 3. The summed E-state index contributed by atoms with van der Waals surface area (Å²) in [7, 11) is -4.70. The number of hydrogen-bond donors (Lipinski definition) is 3. The second kappa shape index (κ2) is 21.5. The summed E-state index contributed by atoms with van der Waals surface area (Å²) < 4.78 is 87.4. The van der Waals surface area contributed by atoms with Gasteiger partial charge >= 0.3 is 19.9 Å². The van der Waals surface area contributed by atoms with Crippen molar-refractivity contribution in [1.82, 2.24) is 20.1 Å². The summed E-state index contributed by atoms with van der Waals surface area (Å²) in [4.78, 5) is 58.5. The number of amides is 1. The number of aromatic nitrogens is 3. The zero-order valence-electron chi connectivity index (χ0n) is 30.1. The molecule has 0 radical (unpaired) electrons. The lowest BCUT2D eigenvalue weighted by Crippen LogP contribution is -2.47. The van der Waals surface area contributed by atoms with Gasteiger partial charge in [0.2, 0.25) is 12.7 Å². The van der Waals surface area contributed by atoms with E-state index >= 15 is 4.39 Å².